The van der Waals surface area contributed by atoms with Crippen molar-refractivity contribution in [3.63, 3.8) is 0 Å². The van der Waals surface area contributed by atoms with Crippen molar-refractivity contribution >= 4 is 44.9 Å². The summed E-state index contributed by atoms with van der Waals surface area (Å²) in [5.41, 5.74) is 1.04. The molecule has 3 heterocycles. The number of thiophene rings is 1. The topological polar surface area (TPSA) is 58.6 Å². The van der Waals surface area contributed by atoms with Crippen LogP contribution in [-0.2, 0) is 4.79 Å². The van der Waals surface area contributed by atoms with E-state index in [-0.39, 0.29) is 5.91 Å². The number of fused-ring (bicyclic) bond motifs is 1. The molecule has 8 heteroatoms. The molecule has 4 rings (SSSR count). The number of halogens is 1. The molecule has 0 spiro atoms. The van der Waals surface area contributed by atoms with Crippen LogP contribution in [0, 0.1) is 6.92 Å². The van der Waals surface area contributed by atoms with E-state index in [9.17, 15) is 4.79 Å². The highest BCUT2D eigenvalue weighted by Gasteiger charge is 2.27. The highest BCUT2D eigenvalue weighted by molar-refractivity contribution is 7.16. The highest BCUT2D eigenvalue weighted by Crippen LogP contribution is 2.28. The number of anilines is 1. The average Bonchev–Trinajstić information content (AvgIpc) is 3.19. The molecule has 1 amide bonds. The summed E-state index contributed by atoms with van der Waals surface area (Å²) in [6.45, 7) is 6.45. The monoisotopic (exact) mass is 416 g/mol. The van der Waals surface area contributed by atoms with Gasteiger partial charge in [0, 0.05) is 26.2 Å². The molecule has 146 valence electrons. The SMILES string of the molecule is Cc1ccc(Cl)c(OC(C)C(=O)N2CCN(c3ncnc4sccc34)CC2)c1. The Morgan fingerprint density at radius 2 is 2.00 bits per heavy atom. The number of aryl methyl sites for hydroxylation is 1. The van der Waals surface area contributed by atoms with E-state index in [1.54, 1.807) is 30.7 Å². The first-order valence-corrected chi connectivity index (χ1v) is 10.4. The summed E-state index contributed by atoms with van der Waals surface area (Å²) in [4.78, 5) is 26.6. The molecule has 6 nitrogen and oxygen atoms in total. The second-order valence-corrected chi connectivity index (χ2v) is 8.14. The van der Waals surface area contributed by atoms with E-state index in [1.807, 2.05) is 35.4 Å². The molecule has 1 aliphatic rings. The lowest BCUT2D eigenvalue weighted by Gasteiger charge is -2.36. The minimum atomic E-state index is -0.589. The number of hydrogen-bond acceptors (Lipinski definition) is 6. The van der Waals surface area contributed by atoms with Crippen LogP contribution in [0.3, 0.4) is 0 Å². The molecule has 0 N–H and O–H groups in total. The van der Waals surface area contributed by atoms with Crippen LogP contribution in [0.25, 0.3) is 10.2 Å². The third-order valence-electron chi connectivity index (χ3n) is 4.87. The summed E-state index contributed by atoms with van der Waals surface area (Å²) in [5, 5.41) is 3.61. The molecule has 1 fully saturated rings. The zero-order valence-electron chi connectivity index (χ0n) is 15.8. The zero-order chi connectivity index (χ0) is 19.7. The van der Waals surface area contributed by atoms with E-state index in [2.05, 4.69) is 14.9 Å². The van der Waals surface area contributed by atoms with Gasteiger partial charge in [0.15, 0.2) is 6.10 Å². The van der Waals surface area contributed by atoms with Crippen LogP contribution in [0.2, 0.25) is 5.02 Å². The summed E-state index contributed by atoms with van der Waals surface area (Å²) in [6.07, 6.45) is 1.01. The molecule has 0 bridgehead atoms. The standard InChI is InChI=1S/C20H21ClN4O2S/c1-13-3-4-16(21)17(11-13)27-14(2)20(26)25-8-6-24(7-9-25)18-15-5-10-28-19(15)23-12-22-18/h3-5,10-12,14H,6-9H2,1-2H3. The number of rotatable bonds is 4. The molecule has 1 unspecified atom stereocenters. The van der Waals surface area contributed by atoms with E-state index >= 15 is 0 Å². The van der Waals surface area contributed by atoms with E-state index in [4.69, 9.17) is 16.3 Å². The predicted octanol–water partition coefficient (Wildman–Crippen LogP) is 3.77. The molecule has 0 saturated carbocycles. The maximum Gasteiger partial charge on any atom is 0.263 e. The van der Waals surface area contributed by atoms with Crippen molar-refractivity contribution in [1.82, 2.24) is 14.9 Å². The Hall–Kier alpha value is -2.38. The van der Waals surface area contributed by atoms with Crippen LogP contribution in [0.1, 0.15) is 12.5 Å². The number of hydrogen-bond donors (Lipinski definition) is 0. The van der Waals surface area contributed by atoms with Gasteiger partial charge >= 0.3 is 0 Å². The molecule has 1 aliphatic heterocycles. The Kier molecular flexibility index (Phi) is 5.37. The van der Waals surface area contributed by atoms with Gasteiger partial charge in [-0.15, -0.1) is 11.3 Å². The van der Waals surface area contributed by atoms with E-state index < -0.39 is 6.10 Å². The summed E-state index contributed by atoms with van der Waals surface area (Å²) in [6, 6.07) is 7.60. The fraction of sp³-hybridized carbons (Fsp3) is 0.350. The van der Waals surface area contributed by atoms with Gasteiger partial charge in [0.2, 0.25) is 0 Å². The fourth-order valence-electron chi connectivity index (χ4n) is 3.37. The third kappa shape index (κ3) is 3.77. The number of nitrogens with zero attached hydrogens (tertiary/aromatic N) is 4. The molecule has 1 atom stereocenters. The van der Waals surface area contributed by atoms with Crippen molar-refractivity contribution in [1.29, 1.82) is 0 Å². The van der Waals surface area contributed by atoms with E-state index in [0.717, 1.165) is 34.7 Å². The molecular weight excluding hydrogens is 396 g/mol. The number of piperazine rings is 1. The zero-order valence-corrected chi connectivity index (χ0v) is 17.3. The van der Waals surface area contributed by atoms with Gasteiger partial charge < -0.3 is 14.5 Å². The van der Waals surface area contributed by atoms with E-state index in [0.29, 0.717) is 23.9 Å². The number of amides is 1. The lowest BCUT2D eigenvalue weighted by atomic mass is 10.2. The number of benzene rings is 1. The van der Waals surface area contributed by atoms with Crippen molar-refractivity contribution in [2.75, 3.05) is 31.1 Å². The molecule has 28 heavy (non-hydrogen) atoms. The molecule has 0 radical (unpaired) electrons. The number of carbonyl (C=O) groups excluding carboxylic acids is 1. The molecule has 2 aromatic heterocycles. The number of aromatic nitrogens is 2. The van der Waals surface area contributed by atoms with Gasteiger partial charge in [-0.05, 0) is 43.0 Å². The van der Waals surface area contributed by atoms with Crippen molar-refractivity contribution in [3.8, 4) is 5.75 Å². The summed E-state index contributed by atoms with van der Waals surface area (Å²) in [7, 11) is 0. The summed E-state index contributed by atoms with van der Waals surface area (Å²) < 4.78 is 5.84. The Balaban J connectivity index is 1.40. The van der Waals surface area contributed by atoms with E-state index in [1.165, 1.54) is 0 Å². The molecule has 0 aliphatic carbocycles. The van der Waals surface area contributed by atoms with Crippen molar-refractivity contribution in [2.24, 2.45) is 0 Å². The van der Waals surface area contributed by atoms with Gasteiger partial charge in [0.25, 0.3) is 5.91 Å². The maximum atomic E-state index is 12.8. The summed E-state index contributed by atoms with van der Waals surface area (Å²) in [5.74, 6) is 1.46. The van der Waals surface area contributed by atoms with Crippen molar-refractivity contribution < 1.29 is 9.53 Å². The average molecular weight is 417 g/mol. The van der Waals surface area contributed by atoms with Gasteiger partial charge in [-0.3, -0.25) is 4.79 Å². The third-order valence-corrected chi connectivity index (χ3v) is 6.00. The highest BCUT2D eigenvalue weighted by atomic mass is 35.5. The predicted molar refractivity (Wildman–Crippen MR) is 112 cm³/mol. The Morgan fingerprint density at radius 3 is 2.79 bits per heavy atom. The molecule has 3 aromatic rings. The second-order valence-electron chi connectivity index (χ2n) is 6.84. The molecule has 1 saturated heterocycles. The van der Waals surface area contributed by atoms with Crippen LogP contribution < -0.4 is 9.64 Å². The fourth-order valence-corrected chi connectivity index (χ4v) is 4.26. The Labute approximate surface area is 172 Å². The van der Waals surface area contributed by atoms with Gasteiger partial charge in [0.1, 0.15) is 22.7 Å². The Morgan fingerprint density at radius 1 is 1.21 bits per heavy atom. The van der Waals surface area contributed by atoms with Crippen molar-refractivity contribution in [2.45, 2.75) is 20.0 Å². The molecular formula is C20H21ClN4O2S. The van der Waals surface area contributed by atoms with Crippen LogP contribution in [0.4, 0.5) is 5.82 Å². The van der Waals surface area contributed by atoms with Crippen molar-refractivity contribution in [3.05, 3.63) is 46.6 Å². The number of ether oxygens (including phenoxy) is 1. The van der Waals surface area contributed by atoms with Gasteiger partial charge in [0.05, 0.1) is 10.4 Å². The minimum absolute atomic E-state index is 0.0272. The number of carbonyl (C=O) groups is 1. The normalized spacial score (nSPS) is 15.7. The first-order chi connectivity index (χ1) is 13.5. The first-order valence-electron chi connectivity index (χ1n) is 9.17. The van der Waals surface area contributed by atoms with Gasteiger partial charge in [-0.2, -0.15) is 0 Å². The maximum absolute atomic E-state index is 12.8. The molecule has 1 aromatic carbocycles. The Bertz CT molecular complexity index is 1000. The van der Waals surface area contributed by atoms with Crippen LogP contribution in [-0.4, -0.2) is 53.1 Å². The van der Waals surface area contributed by atoms with Crippen LogP contribution in [0.15, 0.2) is 36.0 Å². The van der Waals surface area contributed by atoms with Crippen LogP contribution >= 0.6 is 22.9 Å². The largest absolute Gasteiger partial charge is 0.479 e. The quantitative estimate of drug-likeness (QED) is 0.648. The minimum Gasteiger partial charge on any atom is -0.479 e. The van der Waals surface area contributed by atoms with Gasteiger partial charge in [-0.25, -0.2) is 9.97 Å². The second kappa shape index (κ2) is 7.93. The lowest BCUT2D eigenvalue weighted by Crippen LogP contribution is -2.52. The summed E-state index contributed by atoms with van der Waals surface area (Å²) >= 11 is 7.80. The smallest absolute Gasteiger partial charge is 0.263 e. The first kappa shape index (κ1) is 19.0. The van der Waals surface area contributed by atoms with Crippen LogP contribution in [0.5, 0.6) is 5.75 Å². The lowest BCUT2D eigenvalue weighted by molar-refractivity contribution is -0.138. The van der Waals surface area contributed by atoms with Gasteiger partial charge in [-0.1, -0.05) is 17.7 Å².